The van der Waals surface area contributed by atoms with E-state index in [0.29, 0.717) is 0 Å². The second-order valence-electron chi connectivity index (χ2n) is 4.19. The van der Waals surface area contributed by atoms with Gasteiger partial charge in [-0.3, -0.25) is 4.99 Å². The largest absolute Gasteiger partial charge is 0.497 e. The number of rotatable bonds is 4. The SMILES string of the molecule is COc1ccc(C=Nc2ccc(OC)c(C)c2)cc1. The average molecular weight is 255 g/mol. The Labute approximate surface area is 113 Å². The molecule has 0 bridgehead atoms. The summed E-state index contributed by atoms with van der Waals surface area (Å²) in [6.07, 6.45) is 1.83. The van der Waals surface area contributed by atoms with Crippen LogP contribution in [0.15, 0.2) is 47.5 Å². The lowest BCUT2D eigenvalue weighted by Gasteiger charge is -2.04. The van der Waals surface area contributed by atoms with E-state index in [1.54, 1.807) is 14.2 Å². The first-order chi connectivity index (χ1) is 9.22. The van der Waals surface area contributed by atoms with E-state index >= 15 is 0 Å². The summed E-state index contributed by atoms with van der Waals surface area (Å²) in [7, 11) is 3.33. The van der Waals surface area contributed by atoms with E-state index < -0.39 is 0 Å². The van der Waals surface area contributed by atoms with Crippen molar-refractivity contribution < 1.29 is 9.47 Å². The van der Waals surface area contributed by atoms with Crippen LogP contribution in [0, 0.1) is 6.92 Å². The molecule has 2 rings (SSSR count). The number of hydrogen-bond donors (Lipinski definition) is 0. The van der Waals surface area contributed by atoms with Gasteiger partial charge >= 0.3 is 0 Å². The van der Waals surface area contributed by atoms with Crippen LogP contribution in [-0.2, 0) is 0 Å². The minimum absolute atomic E-state index is 0.845. The molecule has 98 valence electrons. The van der Waals surface area contributed by atoms with E-state index in [-0.39, 0.29) is 0 Å². The van der Waals surface area contributed by atoms with E-state index in [2.05, 4.69) is 4.99 Å². The highest BCUT2D eigenvalue weighted by Gasteiger charge is 1.98. The van der Waals surface area contributed by atoms with Crippen LogP contribution >= 0.6 is 0 Å². The highest BCUT2D eigenvalue weighted by molar-refractivity contribution is 5.82. The Hall–Kier alpha value is -2.29. The molecular weight excluding hydrogens is 238 g/mol. The normalized spacial score (nSPS) is 10.7. The van der Waals surface area contributed by atoms with Gasteiger partial charge in [0.25, 0.3) is 0 Å². The van der Waals surface area contributed by atoms with E-state index in [0.717, 1.165) is 28.3 Å². The predicted molar refractivity (Wildman–Crippen MR) is 78.0 cm³/mol. The van der Waals surface area contributed by atoms with Crippen molar-refractivity contribution in [2.45, 2.75) is 6.92 Å². The molecule has 2 aromatic rings. The van der Waals surface area contributed by atoms with Gasteiger partial charge in [0.1, 0.15) is 11.5 Å². The van der Waals surface area contributed by atoms with Crippen LogP contribution in [0.2, 0.25) is 0 Å². The van der Waals surface area contributed by atoms with Gasteiger partial charge in [-0.1, -0.05) is 0 Å². The van der Waals surface area contributed by atoms with Gasteiger partial charge in [-0.05, 0) is 60.5 Å². The van der Waals surface area contributed by atoms with E-state index in [1.807, 2.05) is 55.6 Å². The van der Waals surface area contributed by atoms with Gasteiger partial charge in [0.2, 0.25) is 0 Å². The lowest BCUT2D eigenvalue weighted by Crippen LogP contribution is -1.86. The van der Waals surface area contributed by atoms with Gasteiger partial charge in [-0.15, -0.1) is 0 Å². The summed E-state index contributed by atoms with van der Waals surface area (Å²) in [5, 5.41) is 0. The van der Waals surface area contributed by atoms with Crippen molar-refractivity contribution in [3.63, 3.8) is 0 Å². The van der Waals surface area contributed by atoms with Crippen LogP contribution in [0.5, 0.6) is 11.5 Å². The molecule has 3 nitrogen and oxygen atoms in total. The van der Waals surface area contributed by atoms with Crippen molar-refractivity contribution in [3.8, 4) is 11.5 Å². The summed E-state index contributed by atoms with van der Waals surface area (Å²) in [5.74, 6) is 1.72. The number of ether oxygens (including phenoxy) is 2. The predicted octanol–water partition coefficient (Wildman–Crippen LogP) is 3.76. The molecule has 0 unspecified atom stereocenters. The summed E-state index contributed by atoms with van der Waals surface area (Å²) in [5.41, 5.74) is 3.02. The van der Waals surface area contributed by atoms with E-state index in [9.17, 15) is 0 Å². The van der Waals surface area contributed by atoms with Crippen LogP contribution in [-0.4, -0.2) is 20.4 Å². The zero-order chi connectivity index (χ0) is 13.7. The van der Waals surface area contributed by atoms with Gasteiger partial charge in [0.05, 0.1) is 19.9 Å². The van der Waals surface area contributed by atoms with Gasteiger partial charge in [-0.2, -0.15) is 0 Å². The second-order valence-corrected chi connectivity index (χ2v) is 4.19. The minimum atomic E-state index is 0.845. The van der Waals surface area contributed by atoms with Crippen molar-refractivity contribution in [2.75, 3.05) is 14.2 Å². The Morgan fingerprint density at radius 3 is 2.26 bits per heavy atom. The maximum Gasteiger partial charge on any atom is 0.121 e. The molecule has 0 heterocycles. The number of nitrogens with zero attached hydrogens (tertiary/aromatic N) is 1. The van der Waals surface area contributed by atoms with Gasteiger partial charge < -0.3 is 9.47 Å². The smallest absolute Gasteiger partial charge is 0.121 e. The summed E-state index contributed by atoms with van der Waals surface area (Å²) in [6, 6.07) is 13.6. The number of aliphatic imine (C=N–C) groups is 1. The molecular formula is C16H17NO2. The maximum absolute atomic E-state index is 5.22. The molecule has 0 spiro atoms. The highest BCUT2D eigenvalue weighted by atomic mass is 16.5. The van der Waals surface area contributed by atoms with Gasteiger partial charge in [0.15, 0.2) is 0 Å². The first-order valence-electron chi connectivity index (χ1n) is 6.05. The van der Waals surface area contributed by atoms with Crippen LogP contribution in [0.3, 0.4) is 0 Å². The molecule has 0 saturated carbocycles. The molecule has 0 aliphatic heterocycles. The lowest BCUT2D eigenvalue weighted by molar-refractivity contribution is 0.412. The zero-order valence-corrected chi connectivity index (χ0v) is 11.4. The summed E-state index contributed by atoms with van der Waals surface area (Å²) < 4.78 is 10.3. The van der Waals surface area contributed by atoms with Crippen LogP contribution in [0.25, 0.3) is 0 Å². The van der Waals surface area contributed by atoms with Crippen molar-refractivity contribution in [1.29, 1.82) is 0 Å². The highest BCUT2D eigenvalue weighted by Crippen LogP contribution is 2.23. The molecule has 0 fully saturated rings. The molecule has 0 atom stereocenters. The minimum Gasteiger partial charge on any atom is -0.497 e. The molecule has 19 heavy (non-hydrogen) atoms. The summed E-state index contributed by atoms with van der Waals surface area (Å²) >= 11 is 0. The summed E-state index contributed by atoms with van der Waals surface area (Å²) in [4.78, 5) is 4.45. The second kappa shape index (κ2) is 6.05. The quantitative estimate of drug-likeness (QED) is 0.779. The monoisotopic (exact) mass is 255 g/mol. The molecule has 0 aromatic heterocycles. The van der Waals surface area contributed by atoms with E-state index in [1.165, 1.54) is 0 Å². The first-order valence-corrected chi connectivity index (χ1v) is 6.05. The maximum atomic E-state index is 5.22. The molecule has 0 N–H and O–H groups in total. The topological polar surface area (TPSA) is 30.8 Å². The third-order valence-corrected chi connectivity index (χ3v) is 2.86. The Balaban J connectivity index is 2.15. The fraction of sp³-hybridized carbons (Fsp3) is 0.188. The van der Waals surface area contributed by atoms with Gasteiger partial charge in [0, 0.05) is 6.21 Å². The van der Waals surface area contributed by atoms with Crippen LogP contribution in [0.1, 0.15) is 11.1 Å². The average Bonchev–Trinajstić information content (AvgIpc) is 2.46. The first kappa shape index (κ1) is 13.1. The van der Waals surface area contributed by atoms with Crippen molar-refractivity contribution >= 4 is 11.9 Å². The molecule has 0 aliphatic carbocycles. The molecule has 0 saturated heterocycles. The molecule has 0 amide bonds. The molecule has 0 aliphatic rings. The Bertz CT molecular complexity index is 574. The lowest BCUT2D eigenvalue weighted by atomic mass is 10.2. The number of benzene rings is 2. The Morgan fingerprint density at radius 2 is 1.68 bits per heavy atom. The third-order valence-electron chi connectivity index (χ3n) is 2.86. The zero-order valence-electron chi connectivity index (χ0n) is 11.4. The van der Waals surface area contributed by atoms with Crippen molar-refractivity contribution in [3.05, 3.63) is 53.6 Å². The van der Waals surface area contributed by atoms with Crippen molar-refractivity contribution in [1.82, 2.24) is 0 Å². The molecule has 3 heteroatoms. The third kappa shape index (κ3) is 3.35. The summed E-state index contributed by atoms with van der Waals surface area (Å²) in [6.45, 7) is 2.01. The number of hydrogen-bond acceptors (Lipinski definition) is 3. The Morgan fingerprint density at radius 1 is 0.947 bits per heavy atom. The van der Waals surface area contributed by atoms with E-state index in [4.69, 9.17) is 9.47 Å². The number of aryl methyl sites for hydroxylation is 1. The van der Waals surface area contributed by atoms with Crippen LogP contribution in [0.4, 0.5) is 5.69 Å². The number of methoxy groups -OCH3 is 2. The van der Waals surface area contributed by atoms with Crippen molar-refractivity contribution in [2.24, 2.45) is 4.99 Å². The van der Waals surface area contributed by atoms with Gasteiger partial charge in [-0.25, -0.2) is 0 Å². The standard InChI is InChI=1S/C16H17NO2/c1-12-10-14(6-9-16(12)19-3)17-11-13-4-7-15(18-2)8-5-13/h4-11H,1-3H3. The van der Waals surface area contributed by atoms with Crippen LogP contribution < -0.4 is 9.47 Å². The fourth-order valence-electron chi connectivity index (χ4n) is 1.78. The Kier molecular flexibility index (Phi) is 4.18. The fourth-order valence-corrected chi connectivity index (χ4v) is 1.78. The molecule has 2 aromatic carbocycles. The molecule has 0 radical (unpaired) electrons.